The van der Waals surface area contributed by atoms with Gasteiger partial charge in [-0.1, -0.05) is 11.6 Å². The van der Waals surface area contributed by atoms with Gasteiger partial charge in [-0.3, -0.25) is 0 Å². The number of benzene rings is 1. The normalized spacial score (nSPS) is 12.2. The van der Waals surface area contributed by atoms with Gasteiger partial charge in [0.05, 0.1) is 12.5 Å². The fraction of sp³-hybridized carbons (Fsp3) is 0.0625. The number of rotatable bonds is 4. The van der Waals surface area contributed by atoms with Gasteiger partial charge in [0.15, 0.2) is 5.82 Å². The molecule has 0 saturated heterocycles. The Labute approximate surface area is 142 Å². The Balaban J connectivity index is 1.91. The lowest BCUT2D eigenvalue weighted by Crippen LogP contribution is -1.94. The molecular weight excluding hydrogens is 332 g/mol. The molecule has 0 aliphatic heterocycles. The first-order valence-electron chi connectivity index (χ1n) is 6.83. The highest BCUT2D eigenvalue weighted by atomic mass is 35.5. The van der Waals surface area contributed by atoms with Crippen molar-refractivity contribution in [2.24, 2.45) is 5.10 Å². The summed E-state index contributed by atoms with van der Waals surface area (Å²) in [6, 6.07) is 11.0. The molecule has 0 saturated carbocycles. The third-order valence-electron chi connectivity index (χ3n) is 3.04. The van der Waals surface area contributed by atoms with Crippen LogP contribution in [-0.4, -0.2) is 21.1 Å². The minimum Gasteiger partial charge on any atom is -0.465 e. The van der Waals surface area contributed by atoms with Crippen LogP contribution >= 0.6 is 23.8 Å². The summed E-state index contributed by atoms with van der Waals surface area (Å²) in [6.07, 6.45) is 5.21. The molecule has 0 radical (unpaired) electrons. The molecule has 0 atom stereocenters. The Hall–Kier alpha value is -2.44. The Morgan fingerprint density at radius 3 is 2.83 bits per heavy atom. The second-order valence-electron chi connectivity index (χ2n) is 4.82. The lowest BCUT2D eigenvalue weighted by atomic mass is 10.2. The van der Waals surface area contributed by atoms with Crippen LogP contribution in [0.1, 0.15) is 12.7 Å². The maximum atomic E-state index is 5.91. The van der Waals surface area contributed by atoms with Crippen LogP contribution in [0.3, 0.4) is 0 Å². The van der Waals surface area contributed by atoms with Crippen molar-refractivity contribution in [3.05, 3.63) is 63.8 Å². The summed E-state index contributed by atoms with van der Waals surface area (Å²) < 4.78 is 7.25. The van der Waals surface area contributed by atoms with Gasteiger partial charge in [-0.15, -0.1) is 0 Å². The van der Waals surface area contributed by atoms with Crippen LogP contribution in [0, 0.1) is 4.77 Å². The minimum atomic E-state index is 0.414. The zero-order chi connectivity index (χ0) is 16.2. The van der Waals surface area contributed by atoms with E-state index in [4.69, 9.17) is 28.2 Å². The molecule has 0 bridgehead atoms. The summed E-state index contributed by atoms with van der Waals surface area (Å²) in [5.41, 5.74) is 1.79. The van der Waals surface area contributed by atoms with Gasteiger partial charge in [-0.2, -0.15) is 14.9 Å². The van der Waals surface area contributed by atoms with E-state index in [2.05, 4.69) is 15.3 Å². The highest BCUT2D eigenvalue weighted by Crippen LogP contribution is 2.19. The first kappa shape index (κ1) is 15.5. The molecule has 0 amide bonds. The number of hydrogen-bond donors (Lipinski definition) is 1. The minimum absolute atomic E-state index is 0.414. The van der Waals surface area contributed by atoms with Gasteiger partial charge in [0, 0.05) is 10.6 Å². The number of halogens is 1. The van der Waals surface area contributed by atoms with Crippen LogP contribution in [0.15, 0.2) is 57.8 Å². The standard InChI is InChI=1S/C16H13ClN4OS/c1-11(9-14-3-2-8-22-14)10-18-21-15(19-20-16(21)23)12-4-6-13(17)7-5-12/h2-10H,1H3,(H,20,23)/b11-9-,18-10-. The van der Waals surface area contributed by atoms with Crippen molar-refractivity contribution in [3.63, 3.8) is 0 Å². The first-order chi connectivity index (χ1) is 11.1. The Kier molecular flexibility index (Phi) is 4.55. The van der Waals surface area contributed by atoms with E-state index in [0.29, 0.717) is 15.6 Å². The average molecular weight is 345 g/mol. The van der Waals surface area contributed by atoms with Crippen LogP contribution in [0.4, 0.5) is 0 Å². The van der Waals surface area contributed by atoms with Gasteiger partial charge in [-0.05, 0) is 67.2 Å². The van der Waals surface area contributed by atoms with Gasteiger partial charge >= 0.3 is 0 Å². The summed E-state index contributed by atoms with van der Waals surface area (Å²) in [5.74, 6) is 1.39. The molecule has 3 rings (SSSR count). The molecule has 0 fully saturated rings. The summed E-state index contributed by atoms with van der Waals surface area (Å²) in [4.78, 5) is 0. The fourth-order valence-electron chi connectivity index (χ4n) is 1.97. The van der Waals surface area contributed by atoms with Crippen molar-refractivity contribution < 1.29 is 4.42 Å². The molecule has 0 unspecified atom stereocenters. The van der Waals surface area contributed by atoms with E-state index in [1.54, 1.807) is 29.3 Å². The average Bonchev–Trinajstić information content (AvgIpc) is 3.16. The second kappa shape index (κ2) is 6.76. The molecule has 3 aromatic rings. The lowest BCUT2D eigenvalue weighted by molar-refractivity contribution is 0.557. The number of nitrogens with zero attached hydrogens (tertiary/aromatic N) is 3. The molecular formula is C16H13ClN4OS. The molecule has 23 heavy (non-hydrogen) atoms. The molecule has 0 spiro atoms. The second-order valence-corrected chi connectivity index (χ2v) is 5.64. The largest absolute Gasteiger partial charge is 0.465 e. The van der Waals surface area contributed by atoms with E-state index in [9.17, 15) is 0 Å². The zero-order valence-electron chi connectivity index (χ0n) is 12.2. The number of furan rings is 1. The van der Waals surface area contributed by atoms with Gasteiger partial charge in [0.1, 0.15) is 5.76 Å². The maximum Gasteiger partial charge on any atom is 0.216 e. The van der Waals surface area contributed by atoms with Crippen LogP contribution in [0.2, 0.25) is 5.02 Å². The quantitative estimate of drug-likeness (QED) is 0.546. The Bertz CT molecular complexity index is 904. The third kappa shape index (κ3) is 3.67. The third-order valence-corrected chi connectivity index (χ3v) is 3.56. The van der Waals surface area contributed by atoms with E-state index in [1.165, 1.54) is 0 Å². The van der Waals surface area contributed by atoms with Crippen molar-refractivity contribution in [1.29, 1.82) is 0 Å². The SMILES string of the molecule is CC(/C=N\n1c(-c2ccc(Cl)cc2)n[nH]c1=S)=C/c1ccco1. The lowest BCUT2D eigenvalue weighted by Gasteiger charge is -2.01. The topological polar surface area (TPSA) is 59.1 Å². The summed E-state index contributed by atoms with van der Waals surface area (Å²) >= 11 is 11.1. The molecule has 2 heterocycles. The monoisotopic (exact) mass is 344 g/mol. The van der Waals surface area contributed by atoms with Crippen LogP contribution in [-0.2, 0) is 0 Å². The smallest absolute Gasteiger partial charge is 0.216 e. The summed E-state index contributed by atoms with van der Waals surface area (Å²) in [6.45, 7) is 1.93. The zero-order valence-corrected chi connectivity index (χ0v) is 13.8. The van der Waals surface area contributed by atoms with Crippen molar-refractivity contribution in [2.75, 3.05) is 0 Å². The van der Waals surface area contributed by atoms with Gasteiger partial charge in [0.2, 0.25) is 4.77 Å². The highest BCUT2D eigenvalue weighted by molar-refractivity contribution is 7.71. The van der Waals surface area contributed by atoms with E-state index in [-0.39, 0.29) is 0 Å². The Morgan fingerprint density at radius 1 is 1.35 bits per heavy atom. The first-order valence-corrected chi connectivity index (χ1v) is 7.61. The Morgan fingerprint density at radius 2 is 2.13 bits per heavy atom. The molecule has 0 aliphatic rings. The highest BCUT2D eigenvalue weighted by Gasteiger charge is 2.07. The van der Waals surface area contributed by atoms with Crippen LogP contribution < -0.4 is 0 Å². The molecule has 0 aliphatic carbocycles. The number of hydrogen-bond acceptors (Lipinski definition) is 4. The predicted octanol–water partition coefficient (Wildman–Crippen LogP) is 4.79. The van der Waals surface area contributed by atoms with E-state index in [0.717, 1.165) is 16.9 Å². The van der Waals surface area contributed by atoms with Crippen molar-refractivity contribution in [1.82, 2.24) is 14.9 Å². The van der Waals surface area contributed by atoms with Crippen LogP contribution in [0.5, 0.6) is 0 Å². The fourth-order valence-corrected chi connectivity index (χ4v) is 2.27. The number of aromatic nitrogens is 3. The van der Waals surface area contributed by atoms with E-state index < -0.39 is 0 Å². The summed E-state index contributed by atoms with van der Waals surface area (Å²) in [5, 5.41) is 12.0. The van der Waals surface area contributed by atoms with Gasteiger partial charge < -0.3 is 4.42 Å². The molecule has 2 aromatic heterocycles. The van der Waals surface area contributed by atoms with Crippen molar-refractivity contribution >= 4 is 36.1 Å². The molecule has 116 valence electrons. The van der Waals surface area contributed by atoms with E-state index in [1.807, 2.05) is 37.3 Å². The van der Waals surface area contributed by atoms with Crippen molar-refractivity contribution in [2.45, 2.75) is 6.92 Å². The summed E-state index contributed by atoms with van der Waals surface area (Å²) in [7, 11) is 0. The molecule has 1 N–H and O–H groups in total. The number of nitrogens with one attached hydrogen (secondary N) is 1. The molecule has 5 nitrogen and oxygen atoms in total. The van der Waals surface area contributed by atoms with Gasteiger partial charge in [0.25, 0.3) is 0 Å². The molecule has 7 heteroatoms. The van der Waals surface area contributed by atoms with Crippen LogP contribution in [0.25, 0.3) is 17.5 Å². The van der Waals surface area contributed by atoms with Gasteiger partial charge in [-0.25, -0.2) is 5.10 Å². The molecule has 1 aromatic carbocycles. The number of allylic oxidation sites excluding steroid dienone is 1. The van der Waals surface area contributed by atoms with E-state index >= 15 is 0 Å². The maximum absolute atomic E-state index is 5.91. The number of H-pyrrole nitrogens is 1. The number of aromatic amines is 1. The van der Waals surface area contributed by atoms with Crippen molar-refractivity contribution in [3.8, 4) is 11.4 Å². The predicted molar refractivity (Wildman–Crippen MR) is 94.1 cm³/mol.